The van der Waals surface area contributed by atoms with Crippen LogP contribution in [0.25, 0.3) is 0 Å². The number of aromatic nitrogens is 4. The first-order chi connectivity index (χ1) is 16.2. The van der Waals surface area contributed by atoms with E-state index in [4.69, 9.17) is 4.74 Å². The van der Waals surface area contributed by atoms with Crippen LogP contribution in [0.1, 0.15) is 42.6 Å². The minimum absolute atomic E-state index is 0.000933. The van der Waals surface area contributed by atoms with E-state index >= 15 is 0 Å². The number of halogens is 3. The number of anilines is 1. The molecule has 0 saturated carbocycles. The highest BCUT2D eigenvalue weighted by Crippen LogP contribution is 2.47. The molecular formula is C20H21F3N6O3S2. The van der Waals surface area contributed by atoms with E-state index in [1.165, 1.54) is 24.7 Å². The molecule has 1 aromatic carbocycles. The molecule has 182 valence electrons. The fourth-order valence-corrected chi connectivity index (χ4v) is 6.34. The minimum atomic E-state index is -4.26. The van der Waals surface area contributed by atoms with Crippen molar-refractivity contribution in [3.05, 3.63) is 48.0 Å². The summed E-state index contributed by atoms with van der Waals surface area (Å²) < 4.78 is 78.0. The number of fused-ring (bicyclic) bond motifs is 1. The molecule has 0 spiro atoms. The molecule has 0 bridgehead atoms. The Morgan fingerprint density at radius 3 is 2.76 bits per heavy atom. The number of hydrogen-bond acceptors (Lipinski definition) is 8. The van der Waals surface area contributed by atoms with Crippen LogP contribution in [-0.2, 0) is 10.0 Å². The van der Waals surface area contributed by atoms with Gasteiger partial charge in [-0.05, 0) is 25.0 Å². The molecule has 1 saturated heterocycles. The molecule has 34 heavy (non-hydrogen) atoms. The molecule has 5 rings (SSSR count). The Labute approximate surface area is 197 Å². The van der Waals surface area contributed by atoms with Crippen molar-refractivity contribution in [3.63, 3.8) is 0 Å². The van der Waals surface area contributed by atoms with E-state index in [0.29, 0.717) is 24.5 Å². The summed E-state index contributed by atoms with van der Waals surface area (Å²) in [5, 5.41) is 6.92. The van der Waals surface area contributed by atoms with Gasteiger partial charge in [0.05, 0.1) is 29.2 Å². The number of alkyl halides is 3. The highest BCUT2D eigenvalue weighted by molar-refractivity contribution is 7.93. The minimum Gasteiger partial charge on any atom is -0.493 e. The van der Waals surface area contributed by atoms with Gasteiger partial charge in [-0.15, -0.1) is 0 Å². The maximum atomic E-state index is 13.5. The Morgan fingerprint density at radius 1 is 1.21 bits per heavy atom. The third-order valence-electron chi connectivity index (χ3n) is 6.27. The number of rotatable bonds is 5. The van der Waals surface area contributed by atoms with Crippen LogP contribution in [0.3, 0.4) is 0 Å². The number of nitrogens with zero attached hydrogens (tertiary/aromatic N) is 4. The first-order valence-corrected chi connectivity index (χ1v) is 12.9. The van der Waals surface area contributed by atoms with E-state index in [1.807, 2.05) is 4.90 Å². The van der Waals surface area contributed by atoms with E-state index in [-0.39, 0.29) is 35.5 Å². The smallest absolute Gasteiger partial charge is 0.391 e. The monoisotopic (exact) mass is 514 g/mol. The summed E-state index contributed by atoms with van der Waals surface area (Å²) in [6.07, 6.45) is -0.980. The Balaban J connectivity index is 1.44. The summed E-state index contributed by atoms with van der Waals surface area (Å²) in [6, 6.07) is 5.57. The second-order valence-corrected chi connectivity index (χ2v) is 10.7. The molecule has 0 radical (unpaired) electrons. The van der Waals surface area contributed by atoms with Crippen LogP contribution < -0.4 is 9.46 Å². The van der Waals surface area contributed by atoms with E-state index in [9.17, 15) is 21.6 Å². The molecule has 3 atom stereocenters. The topological polar surface area (TPSA) is 113 Å². The van der Waals surface area contributed by atoms with Gasteiger partial charge in [0.2, 0.25) is 5.13 Å². The van der Waals surface area contributed by atoms with Gasteiger partial charge < -0.3 is 4.74 Å². The van der Waals surface area contributed by atoms with Crippen molar-refractivity contribution in [1.29, 1.82) is 0 Å². The van der Waals surface area contributed by atoms with Crippen LogP contribution in [0, 0.1) is 5.92 Å². The zero-order valence-electron chi connectivity index (χ0n) is 17.7. The predicted molar refractivity (Wildman–Crippen MR) is 117 cm³/mol. The van der Waals surface area contributed by atoms with E-state index < -0.39 is 28.2 Å². The Bertz CT molecular complexity index is 1230. The standard InChI is InChI=1S/C20H21F3N6O3S2/c21-20(22,23)12-4-7-29(17(9-12)15-3-6-25-27-15)16-5-8-32-18-10-13(1-2-14(16)18)34(30,31)28-19-24-11-26-33-19/h1-3,6,10-12,16-17H,4-5,7-9H2,(H,25,27)(H,24,26,28)/t12-,16?,17+/m1/s1. The molecule has 0 aliphatic carbocycles. The number of nitrogens with one attached hydrogen (secondary N) is 2. The summed E-state index contributed by atoms with van der Waals surface area (Å²) in [4.78, 5) is 5.88. The molecule has 9 nitrogen and oxygen atoms in total. The van der Waals surface area contributed by atoms with Crippen molar-refractivity contribution in [3.8, 4) is 5.75 Å². The van der Waals surface area contributed by atoms with Crippen LogP contribution in [0.4, 0.5) is 18.3 Å². The van der Waals surface area contributed by atoms with Gasteiger partial charge in [0.25, 0.3) is 10.0 Å². The summed E-state index contributed by atoms with van der Waals surface area (Å²) in [5.74, 6) is -0.993. The van der Waals surface area contributed by atoms with Crippen molar-refractivity contribution in [2.45, 2.75) is 42.4 Å². The lowest BCUT2D eigenvalue weighted by Gasteiger charge is -2.45. The van der Waals surface area contributed by atoms with Crippen molar-refractivity contribution in [2.75, 3.05) is 17.9 Å². The van der Waals surface area contributed by atoms with Gasteiger partial charge in [-0.1, -0.05) is 6.07 Å². The first kappa shape index (κ1) is 23.1. The lowest BCUT2D eigenvalue weighted by molar-refractivity contribution is -0.192. The third kappa shape index (κ3) is 4.49. The summed E-state index contributed by atoms with van der Waals surface area (Å²) in [5.41, 5.74) is 1.37. The summed E-state index contributed by atoms with van der Waals surface area (Å²) in [7, 11) is -3.90. The number of H-pyrrole nitrogens is 1. The molecule has 14 heteroatoms. The molecule has 1 unspecified atom stereocenters. The van der Waals surface area contributed by atoms with Crippen LogP contribution >= 0.6 is 11.5 Å². The molecule has 2 aliphatic rings. The molecular weight excluding hydrogens is 493 g/mol. The lowest BCUT2D eigenvalue weighted by atomic mass is 9.85. The maximum Gasteiger partial charge on any atom is 0.391 e. The highest BCUT2D eigenvalue weighted by atomic mass is 32.2. The average molecular weight is 515 g/mol. The summed E-state index contributed by atoms with van der Waals surface area (Å²) >= 11 is 0.916. The SMILES string of the molecule is O=S(=O)(Nc1ncns1)c1ccc2c(c1)OCCC2N1CC[C@@H](C(F)(F)F)C[C@H]1c1ccn[nH]1. The Hall–Kier alpha value is -2.71. The number of ether oxygens (including phenoxy) is 1. The summed E-state index contributed by atoms with van der Waals surface area (Å²) in [6.45, 7) is 0.566. The molecule has 4 heterocycles. The van der Waals surface area contributed by atoms with Gasteiger partial charge in [0.15, 0.2) is 0 Å². The van der Waals surface area contributed by atoms with Crippen LogP contribution in [-0.4, -0.2) is 52.2 Å². The lowest BCUT2D eigenvalue weighted by Crippen LogP contribution is -2.44. The zero-order chi connectivity index (χ0) is 23.9. The largest absolute Gasteiger partial charge is 0.493 e. The highest BCUT2D eigenvalue weighted by Gasteiger charge is 2.47. The van der Waals surface area contributed by atoms with Crippen molar-refractivity contribution in [2.24, 2.45) is 5.92 Å². The van der Waals surface area contributed by atoms with Gasteiger partial charge in [-0.3, -0.25) is 14.7 Å². The van der Waals surface area contributed by atoms with Crippen LogP contribution in [0.2, 0.25) is 0 Å². The van der Waals surface area contributed by atoms with E-state index in [0.717, 1.165) is 17.1 Å². The molecule has 3 aromatic rings. The van der Waals surface area contributed by atoms with Crippen molar-refractivity contribution < 1.29 is 26.3 Å². The maximum absolute atomic E-state index is 13.5. The second kappa shape index (κ2) is 8.82. The predicted octanol–water partition coefficient (Wildman–Crippen LogP) is 3.90. The van der Waals surface area contributed by atoms with Crippen LogP contribution in [0.5, 0.6) is 5.75 Å². The van der Waals surface area contributed by atoms with Crippen molar-refractivity contribution in [1.82, 2.24) is 24.5 Å². The first-order valence-electron chi connectivity index (χ1n) is 10.6. The Morgan fingerprint density at radius 2 is 2.06 bits per heavy atom. The van der Waals surface area contributed by atoms with Gasteiger partial charge in [-0.25, -0.2) is 13.4 Å². The fourth-order valence-electron chi connectivity index (χ4n) is 4.67. The fraction of sp³-hybridized carbons (Fsp3) is 0.450. The Kier molecular flexibility index (Phi) is 5.98. The molecule has 2 aliphatic heterocycles. The van der Waals surface area contributed by atoms with Crippen molar-refractivity contribution >= 4 is 26.7 Å². The number of benzene rings is 1. The molecule has 0 amide bonds. The number of aromatic amines is 1. The quantitative estimate of drug-likeness (QED) is 0.531. The number of piperidine rings is 1. The van der Waals surface area contributed by atoms with E-state index in [1.54, 1.807) is 12.1 Å². The average Bonchev–Trinajstić information content (AvgIpc) is 3.51. The normalized spacial score (nSPS) is 23.8. The van der Waals surface area contributed by atoms with Gasteiger partial charge in [0, 0.05) is 48.4 Å². The number of hydrogen-bond donors (Lipinski definition) is 2. The third-order valence-corrected chi connectivity index (χ3v) is 8.32. The van der Waals surface area contributed by atoms with Crippen LogP contribution in [0.15, 0.2) is 41.7 Å². The second-order valence-electron chi connectivity index (χ2n) is 8.23. The number of likely N-dealkylation sites (tertiary alicyclic amines) is 1. The molecule has 2 N–H and O–H groups in total. The zero-order valence-corrected chi connectivity index (χ0v) is 19.3. The molecule has 1 fully saturated rings. The van der Waals surface area contributed by atoms with E-state index in [2.05, 4.69) is 24.3 Å². The number of sulfonamides is 1. The van der Waals surface area contributed by atoms with Gasteiger partial charge in [0.1, 0.15) is 12.1 Å². The van der Waals surface area contributed by atoms with Gasteiger partial charge in [-0.2, -0.15) is 22.6 Å². The molecule has 2 aromatic heterocycles. The van der Waals surface area contributed by atoms with Gasteiger partial charge >= 0.3 is 6.18 Å².